The molecule has 24 heavy (non-hydrogen) atoms. The van der Waals surface area contributed by atoms with Crippen molar-refractivity contribution in [3.05, 3.63) is 48.0 Å². The van der Waals surface area contributed by atoms with E-state index in [0.29, 0.717) is 12.1 Å². The molecule has 2 aliphatic rings. The Kier molecular flexibility index (Phi) is 5.12. The zero-order valence-corrected chi connectivity index (χ0v) is 14.3. The Hall–Kier alpha value is -1.42. The van der Waals surface area contributed by atoms with Crippen molar-refractivity contribution in [3.8, 4) is 0 Å². The van der Waals surface area contributed by atoms with Gasteiger partial charge in [-0.1, -0.05) is 48.9 Å². The van der Waals surface area contributed by atoms with Crippen molar-refractivity contribution < 1.29 is 4.74 Å². The first-order valence-corrected chi connectivity index (χ1v) is 9.42. The molecule has 2 aromatic carbocycles. The summed E-state index contributed by atoms with van der Waals surface area (Å²) in [5, 5.41) is 10.2. The third-order valence-corrected chi connectivity index (χ3v) is 5.67. The van der Waals surface area contributed by atoms with Crippen LogP contribution in [0.15, 0.2) is 42.5 Å². The summed E-state index contributed by atoms with van der Waals surface area (Å²) in [7, 11) is 0. The van der Waals surface area contributed by atoms with E-state index in [4.69, 9.17) is 4.74 Å². The standard InChI is InChI=1S/C21H28N2O/c1-2-5-18-14-16(8-9-17(18)4-1)10-11-22-20-7-3-6-19(20)21-15-24-13-12-23-21/h1-2,4-5,8-9,14,19-23H,3,6-7,10-13,15H2. The Labute approximate surface area is 144 Å². The van der Waals surface area contributed by atoms with Crippen LogP contribution in [0.1, 0.15) is 24.8 Å². The number of rotatable bonds is 5. The molecule has 128 valence electrons. The third-order valence-electron chi connectivity index (χ3n) is 5.67. The van der Waals surface area contributed by atoms with Crippen LogP contribution in [0.25, 0.3) is 10.8 Å². The lowest BCUT2D eigenvalue weighted by Crippen LogP contribution is -2.51. The van der Waals surface area contributed by atoms with E-state index >= 15 is 0 Å². The molecule has 0 radical (unpaired) electrons. The van der Waals surface area contributed by atoms with Crippen LogP contribution in [-0.2, 0) is 11.2 Å². The number of nitrogens with one attached hydrogen (secondary N) is 2. The van der Waals surface area contributed by atoms with E-state index in [1.54, 1.807) is 0 Å². The average Bonchev–Trinajstić information content (AvgIpc) is 3.11. The summed E-state index contributed by atoms with van der Waals surface area (Å²) in [5.41, 5.74) is 1.43. The minimum absolute atomic E-state index is 0.541. The van der Waals surface area contributed by atoms with Crippen LogP contribution in [-0.4, -0.2) is 38.4 Å². The molecular weight excluding hydrogens is 296 g/mol. The van der Waals surface area contributed by atoms with E-state index in [0.717, 1.165) is 38.6 Å². The molecule has 1 saturated heterocycles. The predicted molar refractivity (Wildman–Crippen MR) is 99.4 cm³/mol. The van der Waals surface area contributed by atoms with Crippen molar-refractivity contribution in [2.75, 3.05) is 26.3 Å². The Morgan fingerprint density at radius 1 is 1.08 bits per heavy atom. The summed E-state index contributed by atoms with van der Waals surface area (Å²) in [4.78, 5) is 0. The molecule has 0 amide bonds. The van der Waals surface area contributed by atoms with Gasteiger partial charge in [-0.05, 0) is 48.1 Å². The summed E-state index contributed by atoms with van der Waals surface area (Å²) in [6, 6.07) is 16.6. The van der Waals surface area contributed by atoms with Gasteiger partial charge in [-0.15, -0.1) is 0 Å². The summed E-state index contributed by atoms with van der Waals surface area (Å²) >= 11 is 0. The minimum Gasteiger partial charge on any atom is -0.379 e. The fraction of sp³-hybridized carbons (Fsp3) is 0.524. The maximum Gasteiger partial charge on any atom is 0.0623 e. The van der Waals surface area contributed by atoms with Gasteiger partial charge in [-0.2, -0.15) is 0 Å². The first kappa shape index (κ1) is 16.1. The molecule has 1 aliphatic carbocycles. The van der Waals surface area contributed by atoms with Crippen molar-refractivity contribution in [1.82, 2.24) is 10.6 Å². The fourth-order valence-electron chi connectivity index (χ4n) is 4.38. The zero-order chi connectivity index (χ0) is 16.2. The highest BCUT2D eigenvalue weighted by molar-refractivity contribution is 5.82. The van der Waals surface area contributed by atoms with Crippen LogP contribution in [0.2, 0.25) is 0 Å². The Morgan fingerprint density at radius 3 is 2.88 bits per heavy atom. The van der Waals surface area contributed by atoms with Crippen LogP contribution in [0.4, 0.5) is 0 Å². The molecule has 3 unspecified atom stereocenters. The second kappa shape index (κ2) is 7.64. The normalized spacial score (nSPS) is 27.6. The van der Waals surface area contributed by atoms with Crippen molar-refractivity contribution in [1.29, 1.82) is 0 Å². The highest BCUT2D eigenvalue weighted by atomic mass is 16.5. The molecule has 2 N–H and O–H groups in total. The van der Waals surface area contributed by atoms with Gasteiger partial charge in [0.05, 0.1) is 13.2 Å². The summed E-state index contributed by atoms with van der Waals surface area (Å²) < 4.78 is 5.67. The molecule has 4 rings (SSSR count). The van der Waals surface area contributed by atoms with Crippen LogP contribution < -0.4 is 10.6 Å². The Balaban J connectivity index is 1.32. The highest BCUT2D eigenvalue weighted by Crippen LogP contribution is 2.29. The molecular formula is C21H28N2O. The quantitative estimate of drug-likeness (QED) is 0.886. The van der Waals surface area contributed by atoms with Gasteiger partial charge in [0.1, 0.15) is 0 Å². The van der Waals surface area contributed by atoms with E-state index in [1.807, 2.05) is 0 Å². The van der Waals surface area contributed by atoms with Crippen LogP contribution >= 0.6 is 0 Å². The number of hydrogen-bond donors (Lipinski definition) is 2. The molecule has 2 fully saturated rings. The second-order valence-corrected chi connectivity index (χ2v) is 7.22. The number of fused-ring (bicyclic) bond motifs is 1. The summed E-state index contributed by atoms with van der Waals surface area (Å²) in [6.45, 7) is 3.81. The van der Waals surface area contributed by atoms with E-state index in [2.05, 4.69) is 53.1 Å². The molecule has 1 saturated carbocycles. The lowest BCUT2D eigenvalue weighted by atomic mass is 9.94. The Morgan fingerprint density at radius 2 is 2.00 bits per heavy atom. The number of ether oxygens (including phenoxy) is 1. The van der Waals surface area contributed by atoms with Gasteiger partial charge in [0, 0.05) is 18.6 Å². The van der Waals surface area contributed by atoms with Gasteiger partial charge in [0.25, 0.3) is 0 Å². The van der Waals surface area contributed by atoms with E-state index < -0.39 is 0 Å². The first-order chi connectivity index (χ1) is 11.9. The van der Waals surface area contributed by atoms with Crippen molar-refractivity contribution in [2.45, 2.75) is 37.8 Å². The van der Waals surface area contributed by atoms with Crippen LogP contribution in [0.5, 0.6) is 0 Å². The maximum absolute atomic E-state index is 5.67. The van der Waals surface area contributed by atoms with Gasteiger partial charge in [0.2, 0.25) is 0 Å². The van der Waals surface area contributed by atoms with Gasteiger partial charge >= 0.3 is 0 Å². The van der Waals surface area contributed by atoms with Gasteiger partial charge in [0.15, 0.2) is 0 Å². The van der Waals surface area contributed by atoms with Crippen LogP contribution in [0, 0.1) is 5.92 Å². The molecule has 3 heteroatoms. The van der Waals surface area contributed by atoms with Crippen LogP contribution in [0.3, 0.4) is 0 Å². The summed E-state index contributed by atoms with van der Waals surface area (Å²) in [6.07, 6.45) is 5.08. The summed E-state index contributed by atoms with van der Waals surface area (Å²) in [5.74, 6) is 0.724. The van der Waals surface area contributed by atoms with Crippen molar-refractivity contribution in [2.24, 2.45) is 5.92 Å². The predicted octanol–water partition coefficient (Wildman–Crippen LogP) is 3.13. The van der Waals surface area contributed by atoms with Crippen molar-refractivity contribution in [3.63, 3.8) is 0 Å². The van der Waals surface area contributed by atoms with E-state index in [-0.39, 0.29) is 0 Å². The third kappa shape index (κ3) is 3.64. The molecule has 0 bridgehead atoms. The number of hydrogen-bond acceptors (Lipinski definition) is 3. The molecule has 0 spiro atoms. The number of benzene rings is 2. The smallest absolute Gasteiger partial charge is 0.0623 e. The molecule has 1 heterocycles. The topological polar surface area (TPSA) is 33.3 Å². The van der Waals surface area contributed by atoms with Gasteiger partial charge in [-0.3, -0.25) is 0 Å². The monoisotopic (exact) mass is 324 g/mol. The minimum atomic E-state index is 0.541. The molecule has 3 nitrogen and oxygen atoms in total. The SMILES string of the molecule is c1ccc2cc(CCNC3CCCC3C3COCCN3)ccc2c1. The largest absolute Gasteiger partial charge is 0.379 e. The Bertz CT molecular complexity index is 666. The highest BCUT2D eigenvalue weighted by Gasteiger charge is 2.34. The number of morpholine rings is 1. The zero-order valence-electron chi connectivity index (χ0n) is 14.3. The molecule has 1 aliphatic heterocycles. The second-order valence-electron chi connectivity index (χ2n) is 7.22. The lowest BCUT2D eigenvalue weighted by molar-refractivity contribution is 0.0526. The first-order valence-electron chi connectivity index (χ1n) is 9.42. The molecule has 3 atom stereocenters. The lowest BCUT2D eigenvalue weighted by Gasteiger charge is -2.33. The van der Waals surface area contributed by atoms with Crippen molar-refractivity contribution >= 4 is 10.8 Å². The van der Waals surface area contributed by atoms with Gasteiger partial charge in [-0.25, -0.2) is 0 Å². The van der Waals surface area contributed by atoms with E-state index in [1.165, 1.54) is 35.6 Å². The fourth-order valence-corrected chi connectivity index (χ4v) is 4.38. The van der Waals surface area contributed by atoms with Gasteiger partial charge < -0.3 is 15.4 Å². The molecule has 0 aromatic heterocycles. The average molecular weight is 324 g/mol. The maximum atomic E-state index is 5.67. The van der Waals surface area contributed by atoms with E-state index in [9.17, 15) is 0 Å². The molecule has 2 aromatic rings.